The van der Waals surface area contributed by atoms with Crippen LogP contribution in [0.5, 0.6) is 17.2 Å². The van der Waals surface area contributed by atoms with Crippen LogP contribution in [0.15, 0.2) is 36.4 Å². The molecule has 2 rings (SSSR count). The number of nitriles is 1. The number of hydrogen-bond acceptors (Lipinski definition) is 5. The van der Waals surface area contributed by atoms with Crippen LogP contribution < -0.4 is 4.74 Å². The molecule has 2 N–H and O–H groups in total. The fourth-order valence-electron chi connectivity index (χ4n) is 2.35. The zero-order valence-corrected chi connectivity index (χ0v) is 12.7. The molecule has 23 heavy (non-hydrogen) atoms. The minimum Gasteiger partial charge on any atom is -0.507 e. The molecule has 0 unspecified atom stereocenters. The normalized spacial score (nSPS) is 10.1. The largest absolute Gasteiger partial charge is 0.507 e. The molecule has 0 heterocycles. The van der Waals surface area contributed by atoms with Gasteiger partial charge < -0.3 is 14.9 Å². The topological polar surface area (TPSA) is 90.5 Å². The molecule has 118 valence electrons. The van der Waals surface area contributed by atoms with Gasteiger partial charge in [0.1, 0.15) is 23.3 Å². The predicted molar refractivity (Wildman–Crippen MR) is 84.7 cm³/mol. The highest BCUT2D eigenvalue weighted by atomic mass is 16.5. The van der Waals surface area contributed by atoms with E-state index in [1.165, 1.54) is 18.2 Å². The van der Waals surface area contributed by atoms with Crippen LogP contribution in [-0.2, 0) is 6.42 Å². The van der Waals surface area contributed by atoms with Gasteiger partial charge in [0.2, 0.25) is 0 Å². The van der Waals surface area contributed by atoms with E-state index in [4.69, 9.17) is 10.00 Å². The van der Waals surface area contributed by atoms with Crippen molar-refractivity contribution in [2.24, 2.45) is 0 Å². The second-order valence-corrected chi connectivity index (χ2v) is 4.98. The maximum atomic E-state index is 12.6. The van der Waals surface area contributed by atoms with E-state index in [2.05, 4.69) is 0 Å². The highest BCUT2D eigenvalue weighted by Crippen LogP contribution is 2.34. The summed E-state index contributed by atoms with van der Waals surface area (Å²) in [6, 6.07) is 11.1. The minimum atomic E-state index is -0.468. The van der Waals surface area contributed by atoms with Gasteiger partial charge in [0.25, 0.3) is 0 Å². The third-order valence-electron chi connectivity index (χ3n) is 3.43. The summed E-state index contributed by atoms with van der Waals surface area (Å²) in [5.41, 5.74) is 0.708. The van der Waals surface area contributed by atoms with Gasteiger partial charge in [-0.15, -0.1) is 0 Å². The molecule has 2 aromatic rings. The van der Waals surface area contributed by atoms with Crippen molar-refractivity contribution in [3.05, 3.63) is 53.1 Å². The van der Waals surface area contributed by atoms with Gasteiger partial charge in [-0.25, -0.2) is 0 Å². The number of phenolic OH excluding ortho intramolecular Hbond substituents is 2. The number of ketones is 1. The summed E-state index contributed by atoms with van der Waals surface area (Å²) in [7, 11) is 0. The number of benzene rings is 2. The summed E-state index contributed by atoms with van der Waals surface area (Å²) in [5.74, 6) is -0.390. The number of carbonyl (C=O) groups excluding carboxylic acids is 1. The molecule has 0 atom stereocenters. The summed E-state index contributed by atoms with van der Waals surface area (Å²) in [6.07, 6.45) is 1.25. The van der Waals surface area contributed by atoms with E-state index < -0.39 is 5.78 Å². The Morgan fingerprint density at radius 1 is 1.17 bits per heavy atom. The van der Waals surface area contributed by atoms with E-state index in [9.17, 15) is 15.0 Å². The van der Waals surface area contributed by atoms with Crippen LogP contribution in [0.1, 0.15) is 34.8 Å². The van der Waals surface area contributed by atoms with Gasteiger partial charge in [0, 0.05) is 5.56 Å². The van der Waals surface area contributed by atoms with Gasteiger partial charge in [0.15, 0.2) is 12.4 Å². The molecule has 0 saturated carbocycles. The van der Waals surface area contributed by atoms with Crippen molar-refractivity contribution in [1.29, 1.82) is 5.26 Å². The first kappa shape index (κ1) is 16.4. The lowest BCUT2D eigenvalue weighted by Gasteiger charge is -2.14. The summed E-state index contributed by atoms with van der Waals surface area (Å²) < 4.78 is 5.30. The maximum Gasteiger partial charge on any atom is 0.200 e. The van der Waals surface area contributed by atoms with Gasteiger partial charge in [-0.05, 0) is 30.7 Å². The van der Waals surface area contributed by atoms with Crippen LogP contribution in [-0.4, -0.2) is 22.6 Å². The van der Waals surface area contributed by atoms with Gasteiger partial charge in [-0.2, -0.15) is 5.26 Å². The van der Waals surface area contributed by atoms with Crippen LogP contribution in [0.2, 0.25) is 0 Å². The van der Waals surface area contributed by atoms with Crippen molar-refractivity contribution >= 4 is 5.78 Å². The SMILES string of the molecule is CCCc1c(OCC#N)ccc(C(=O)c2ccccc2O)c1O. The molecule has 0 spiro atoms. The highest BCUT2D eigenvalue weighted by Gasteiger charge is 2.21. The number of ether oxygens (including phenoxy) is 1. The lowest BCUT2D eigenvalue weighted by atomic mass is 9.97. The van der Waals surface area contributed by atoms with Crippen LogP contribution in [0.4, 0.5) is 0 Å². The third kappa shape index (κ3) is 3.43. The van der Waals surface area contributed by atoms with Crippen LogP contribution in [0.3, 0.4) is 0 Å². The summed E-state index contributed by atoms with van der Waals surface area (Å²) >= 11 is 0. The van der Waals surface area contributed by atoms with Crippen molar-refractivity contribution in [3.8, 4) is 23.3 Å². The second-order valence-electron chi connectivity index (χ2n) is 4.98. The molecule has 5 nitrogen and oxygen atoms in total. The Balaban J connectivity index is 2.48. The Morgan fingerprint density at radius 2 is 1.91 bits per heavy atom. The number of phenols is 2. The van der Waals surface area contributed by atoms with Crippen LogP contribution in [0.25, 0.3) is 0 Å². The van der Waals surface area contributed by atoms with Crippen molar-refractivity contribution in [2.75, 3.05) is 6.61 Å². The zero-order valence-electron chi connectivity index (χ0n) is 12.7. The van der Waals surface area contributed by atoms with E-state index in [0.717, 1.165) is 6.42 Å². The summed E-state index contributed by atoms with van der Waals surface area (Å²) in [6.45, 7) is 1.80. The minimum absolute atomic E-state index is 0.0965. The molecular formula is C18H17NO4. The Bertz CT molecular complexity index is 762. The molecular weight excluding hydrogens is 294 g/mol. The van der Waals surface area contributed by atoms with Crippen molar-refractivity contribution in [3.63, 3.8) is 0 Å². The lowest BCUT2D eigenvalue weighted by molar-refractivity contribution is 0.103. The van der Waals surface area contributed by atoms with E-state index in [1.807, 2.05) is 13.0 Å². The van der Waals surface area contributed by atoms with Gasteiger partial charge in [-0.3, -0.25) is 4.79 Å². The molecule has 0 aromatic heterocycles. The van der Waals surface area contributed by atoms with E-state index in [1.54, 1.807) is 18.2 Å². The van der Waals surface area contributed by atoms with E-state index in [0.29, 0.717) is 17.7 Å². The molecule has 0 aliphatic rings. The number of nitrogens with zero attached hydrogens (tertiary/aromatic N) is 1. The Morgan fingerprint density at radius 3 is 2.57 bits per heavy atom. The predicted octanol–water partition coefficient (Wildman–Crippen LogP) is 3.18. The second kappa shape index (κ2) is 7.32. The molecule has 0 radical (unpaired) electrons. The molecule has 0 aliphatic carbocycles. The first-order valence-electron chi connectivity index (χ1n) is 7.27. The van der Waals surface area contributed by atoms with Crippen molar-refractivity contribution < 1.29 is 19.7 Å². The number of hydrogen-bond donors (Lipinski definition) is 2. The Labute approximate surface area is 134 Å². The van der Waals surface area contributed by atoms with E-state index >= 15 is 0 Å². The van der Waals surface area contributed by atoms with Crippen molar-refractivity contribution in [1.82, 2.24) is 0 Å². The molecule has 0 fully saturated rings. The molecule has 0 bridgehead atoms. The fraction of sp³-hybridized carbons (Fsp3) is 0.222. The molecule has 2 aromatic carbocycles. The van der Waals surface area contributed by atoms with Gasteiger partial charge >= 0.3 is 0 Å². The van der Waals surface area contributed by atoms with Gasteiger partial charge in [0.05, 0.1) is 11.1 Å². The smallest absolute Gasteiger partial charge is 0.200 e. The third-order valence-corrected chi connectivity index (χ3v) is 3.43. The first-order valence-corrected chi connectivity index (χ1v) is 7.27. The maximum absolute atomic E-state index is 12.6. The Kier molecular flexibility index (Phi) is 5.21. The van der Waals surface area contributed by atoms with Crippen LogP contribution in [0, 0.1) is 11.3 Å². The summed E-state index contributed by atoms with van der Waals surface area (Å²) in [4.78, 5) is 12.6. The first-order chi connectivity index (χ1) is 11.1. The number of para-hydroxylation sites is 1. The molecule has 5 heteroatoms. The lowest BCUT2D eigenvalue weighted by Crippen LogP contribution is -2.06. The van der Waals surface area contributed by atoms with Crippen molar-refractivity contribution in [2.45, 2.75) is 19.8 Å². The van der Waals surface area contributed by atoms with E-state index in [-0.39, 0.29) is 29.2 Å². The van der Waals surface area contributed by atoms with Gasteiger partial charge in [-0.1, -0.05) is 25.5 Å². The average Bonchev–Trinajstić information content (AvgIpc) is 2.55. The molecule has 0 amide bonds. The monoisotopic (exact) mass is 311 g/mol. The van der Waals surface area contributed by atoms with Crippen LogP contribution >= 0.6 is 0 Å². The fourth-order valence-corrected chi connectivity index (χ4v) is 2.35. The quantitative estimate of drug-likeness (QED) is 0.800. The number of rotatable bonds is 6. The molecule has 0 aliphatic heterocycles. The standard InChI is InChI=1S/C18H17NO4/c1-2-5-13-16(23-11-10-19)9-8-14(18(13)22)17(21)12-6-3-4-7-15(12)20/h3-4,6-9,20,22H,2,5,11H2,1H3. The Hall–Kier alpha value is -3.00. The average molecular weight is 311 g/mol. The molecule has 0 saturated heterocycles. The highest BCUT2D eigenvalue weighted by molar-refractivity contribution is 6.12. The summed E-state index contributed by atoms with van der Waals surface area (Å²) in [5, 5.41) is 28.9. The zero-order chi connectivity index (χ0) is 16.8. The number of carbonyl (C=O) groups is 1. The number of aromatic hydroxyl groups is 2.